The zero-order valence-corrected chi connectivity index (χ0v) is 14.6. The summed E-state index contributed by atoms with van der Waals surface area (Å²) in [7, 11) is 0. The molecule has 0 fully saturated rings. The first-order valence-electron chi connectivity index (χ1n) is 8.32. The highest BCUT2D eigenvalue weighted by Gasteiger charge is 2.17. The number of carbonyl (C=O) groups is 2. The van der Waals surface area contributed by atoms with Gasteiger partial charge in [0.15, 0.2) is 17.6 Å². The van der Waals surface area contributed by atoms with Gasteiger partial charge in [0, 0.05) is 12.6 Å². The molecule has 2 aromatic carbocycles. The molecular weight excluding hydrogens is 353 g/mol. The van der Waals surface area contributed by atoms with Crippen LogP contribution in [-0.2, 0) is 20.9 Å². The molecule has 0 saturated carbocycles. The molecule has 140 valence electrons. The Labute approximate surface area is 155 Å². The standard InChI is InChI=1S/C20H18FNO5/c1-13(27-19(23)8-6-14-3-2-4-16(21)9-14)20(24)22-11-15-5-7-17-18(10-15)26-12-25-17/h2-10,13H,11-12H2,1H3,(H,22,24)/b8-6+/t13-/m0/s1. The van der Waals surface area contributed by atoms with Crippen molar-refractivity contribution < 1.29 is 28.2 Å². The highest BCUT2D eigenvalue weighted by Crippen LogP contribution is 2.32. The van der Waals surface area contributed by atoms with E-state index in [1.807, 2.05) is 6.07 Å². The molecule has 0 bridgehead atoms. The topological polar surface area (TPSA) is 73.9 Å². The molecule has 0 spiro atoms. The number of halogens is 1. The fourth-order valence-corrected chi connectivity index (χ4v) is 2.43. The molecule has 0 saturated heterocycles. The van der Waals surface area contributed by atoms with Crippen molar-refractivity contribution in [3.63, 3.8) is 0 Å². The molecule has 0 aliphatic carbocycles. The molecule has 1 atom stereocenters. The summed E-state index contributed by atoms with van der Waals surface area (Å²) in [6, 6.07) is 11.1. The van der Waals surface area contributed by atoms with E-state index in [4.69, 9.17) is 14.2 Å². The van der Waals surface area contributed by atoms with Gasteiger partial charge in [-0.2, -0.15) is 0 Å². The van der Waals surface area contributed by atoms with Gasteiger partial charge in [0.2, 0.25) is 6.79 Å². The van der Waals surface area contributed by atoms with Gasteiger partial charge < -0.3 is 19.5 Å². The van der Waals surface area contributed by atoms with Gasteiger partial charge in [-0.15, -0.1) is 0 Å². The third-order valence-corrected chi connectivity index (χ3v) is 3.83. The number of rotatable bonds is 6. The highest BCUT2D eigenvalue weighted by molar-refractivity contribution is 5.90. The van der Waals surface area contributed by atoms with E-state index in [9.17, 15) is 14.0 Å². The number of benzene rings is 2. The molecule has 3 rings (SSSR count). The van der Waals surface area contributed by atoms with Crippen molar-refractivity contribution in [2.24, 2.45) is 0 Å². The van der Waals surface area contributed by atoms with Crippen LogP contribution in [0.3, 0.4) is 0 Å². The number of hydrogen-bond acceptors (Lipinski definition) is 5. The van der Waals surface area contributed by atoms with E-state index in [2.05, 4.69) is 5.32 Å². The molecule has 0 unspecified atom stereocenters. The summed E-state index contributed by atoms with van der Waals surface area (Å²) in [4.78, 5) is 23.9. The van der Waals surface area contributed by atoms with Gasteiger partial charge in [-0.1, -0.05) is 18.2 Å². The summed E-state index contributed by atoms with van der Waals surface area (Å²) in [5.41, 5.74) is 1.35. The molecule has 1 amide bonds. The zero-order valence-electron chi connectivity index (χ0n) is 14.6. The Kier molecular flexibility index (Phi) is 5.71. The molecule has 1 heterocycles. The van der Waals surface area contributed by atoms with Crippen LogP contribution in [0.25, 0.3) is 6.08 Å². The lowest BCUT2D eigenvalue weighted by Gasteiger charge is -2.12. The Hall–Kier alpha value is -3.35. The molecule has 27 heavy (non-hydrogen) atoms. The van der Waals surface area contributed by atoms with Crippen LogP contribution in [0, 0.1) is 5.82 Å². The van der Waals surface area contributed by atoms with Crippen molar-refractivity contribution in [1.82, 2.24) is 5.32 Å². The number of amides is 1. The van der Waals surface area contributed by atoms with Crippen LogP contribution in [0.15, 0.2) is 48.5 Å². The number of esters is 1. The zero-order chi connectivity index (χ0) is 19.2. The van der Waals surface area contributed by atoms with E-state index in [-0.39, 0.29) is 13.3 Å². The average molecular weight is 371 g/mol. The second-order valence-corrected chi connectivity index (χ2v) is 5.87. The Balaban J connectivity index is 1.47. The Bertz CT molecular complexity index is 880. The van der Waals surface area contributed by atoms with E-state index in [0.29, 0.717) is 17.1 Å². The Morgan fingerprint density at radius 1 is 1.22 bits per heavy atom. The van der Waals surface area contributed by atoms with Crippen molar-refractivity contribution in [3.8, 4) is 11.5 Å². The normalized spacial score (nSPS) is 13.4. The quantitative estimate of drug-likeness (QED) is 0.624. The van der Waals surface area contributed by atoms with Gasteiger partial charge in [-0.05, 0) is 48.4 Å². The molecular formula is C20H18FNO5. The van der Waals surface area contributed by atoms with E-state index < -0.39 is 23.8 Å². The molecule has 0 aromatic heterocycles. The van der Waals surface area contributed by atoms with Gasteiger partial charge in [-0.25, -0.2) is 9.18 Å². The van der Waals surface area contributed by atoms with Crippen LogP contribution < -0.4 is 14.8 Å². The van der Waals surface area contributed by atoms with Crippen molar-refractivity contribution >= 4 is 18.0 Å². The first kappa shape index (κ1) is 18.4. The minimum Gasteiger partial charge on any atom is -0.454 e. The number of carbonyl (C=O) groups excluding carboxylic acids is 2. The Morgan fingerprint density at radius 3 is 2.85 bits per heavy atom. The van der Waals surface area contributed by atoms with Crippen LogP contribution in [0.5, 0.6) is 11.5 Å². The average Bonchev–Trinajstić information content (AvgIpc) is 3.12. The lowest BCUT2D eigenvalue weighted by atomic mass is 10.2. The predicted octanol–water partition coefficient (Wildman–Crippen LogP) is 2.82. The maximum absolute atomic E-state index is 13.1. The monoisotopic (exact) mass is 371 g/mol. The summed E-state index contributed by atoms with van der Waals surface area (Å²) in [5, 5.41) is 2.69. The van der Waals surface area contributed by atoms with Gasteiger partial charge >= 0.3 is 5.97 Å². The third kappa shape index (κ3) is 5.07. The second kappa shape index (κ2) is 8.35. The van der Waals surface area contributed by atoms with E-state index in [1.165, 1.54) is 31.2 Å². The summed E-state index contributed by atoms with van der Waals surface area (Å²) in [6.07, 6.45) is 1.60. The molecule has 6 nitrogen and oxygen atoms in total. The van der Waals surface area contributed by atoms with E-state index >= 15 is 0 Å². The minimum absolute atomic E-state index is 0.182. The van der Waals surface area contributed by atoms with Gasteiger partial charge in [0.25, 0.3) is 5.91 Å². The number of nitrogens with one attached hydrogen (secondary N) is 1. The molecule has 1 aliphatic heterocycles. The summed E-state index contributed by atoms with van der Waals surface area (Å²) in [5.74, 6) is -0.229. The SMILES string of the molecule is C[C@H](OC(=O)/C=C/c1cccc(F)c1)C(=O)NCc1ccc2c(c1)OCO2. The molecule has 1 N–H and O–H groups in total. The minimum atomic E-state index is -0.969. The predicted molar refractivity (Wildman–Crippen MR) is 95.4 cm³/mol. The Morgan fingerprint density at radius 2 is 2.04 bits per heavy atom. The smallest absolute Gasteiger partial charge is 0.331 e. The van der Waals surface area contributed by atoms with Gasteiger partial charge in [0.05, 0.1) is 0 Å². The maximum Gasteiger partial charge on any atom is 0.331 e. The number of fused-ring (bicyclic) bond motifs is 1. The molecule has 7 heteroatoms. The number of ether oxygens (including phenoxy) is 3. The number of hydrogen-bond donors (Lipinski definition) is 1. The third-order valence-electron chi connectivity index (χ3n) is 3.83. The maximum atomic E-state index is 13.1. The van der Waals surface area contributed by atoms with Crippen LogP contribution >= 0.6 is 0 Å². The van der Waals surface area contributed by atoms with Crippen molar-refractivity contribution in [2.75, 3.05) is 6.79 Å². The lowest BCUT2D eigenvalue weighted by Crippen LogP contribution is -2.35. The van der Waals surface area contributed by atoms with Crippen LogP contribution in [-0.4, -0.2) is 24.8 Å². The fraction of sp³-hybridized carbons (Fsp3) is 0.200. The first-order valence-corrected chi connectivity index (χ1v) is 8.32. The van der Waals surface area contributed by atoms with Gasteiger partial charge in [0.1, 0.15) is 5.82 Å². The highest BCUT2D eigenvalue weighted by atomic mass is 19.1. The first-order chi connectivity index (χ1) is 13.0. The second-order valence-electron chi connectivity index (χ2n) is 5.87. The molecule has 2 aromatic rings. The lowest BCUT2D eigenvalue weighted by molar-refractivity contribution is -0.150. The van der Waals surface area contributed by atoms with Crippen LogP contribution in [0.4, 0.5) is 4.39 Å². The summed E-state index contributed by atoms with van der Waals surface area (Å²) in [6.45, 7) is 1.92. The largest absolute Gasteiger partial charge is 0.454 e. The van der Waals surface area contributed by atoms with Crippen LogP contribution in [0.2, 0.25) is 0 Å². The summed E-state index contributed by atoms with van der Waals surface area (Å²) < 4.78 is 28.6. The van der Waals surface area contributed by atoms with Crippen molar-refractivity contribution in [2.45, 2.75) is 19.6 Å². The van der Waals surface area contributed by atoms with Crippen LogP contribution in [0.1, 0.15) is 18.1 Å². The van der Waals surface area contributed by atoms with E-state index in [1.54, 1.807) is 18.2 Å². The fourth-order valence-electron chi connectivity index (χ4n) is 2.43. The summed E-state index contributed by atoms with van der Waals surface area (Å²) >= 11 is 0. The van der Waals surface area contributed by atoms with E-state index in [0.717, 1.165) is 11.6 Å². The van der Waals surface area contributed by atoms with Gasteiger partial charge in [-0.3, -0.25) is 4.79 Å². The van der Waals surface area contributed by atoms with Crippen molar-refractivity contribution in [1.29, 1.82) is 0 Å². The molecule has 1 aliphatic rings. The molecule has 0 radical (unpaired) electrons. The van der Waals surface area contributed by atoms with Crippen molar-refractivity contribution in [3.05, 3.63) is 65.5 Å².